The Morgan fingerprint density at radius 3 is 1.62 bits per heavy atom. The fourth-order valence-corrected chi connectivity index (χ4v) is 5.35. The smallest absolute Gasteiger partial charge is 0.0815 e. The largest absolute Gasteiger partial charge is 0.0844 e. The lowest BCUT2D eigenvalue weighted by Crippen LogP contribution is -2.39. The standard InChI is InChI=1S/C9H11Cl3Si/c1-13(2,3)9-7(11)4-6(10)5-8(9)12/h4-5H,1-3H3. The Morgan fingerprint density at radius 1 is 0.923 bits per heavy atom. The minimum atomic E-state index is -1.47. The van der Waals surface area contributed by atoms with Crippen LogP contribution in [0.2, 0.25) is 34.7 Å². The molecule has 0 nitrogen and oxygen atoms in total. The van der Waals surface area contributed by atoms with E-state index in [1.165, 1.54) is 0 Å². The highest BCUT2D eigenvalue weighted by atomic mass is 35.5. The van der Waals surface area contributed by atoms with Crippen LogP contribution in [0.15, 0.2) is 12.1 Å². The van der Waals surface area contributed by atoms with Crippen LogP contribution in [0.5, 0.6) is 0 Å². The van der Waals surface area contributed by atoms with E-state index in [2.05, 4.69) is 19.6 Å². The molecule has 0 bridgehead atoms. The second-order valence-corrected chi connectivity index (χ2v) is 10.2. The number of benzene rings is 1. The third-order valence-electron chi connectivity index (χ3n) is 1.76. The van der Waals surface area contributed by atoms with Gasteiger partial charge < -0.3 is 0 Å². The first-order valence-electron chi connectivity index (χ1n) is 3.97. The fraction of sp³-hybridized carbons (Fsp3) is 0.333. The maximum absolute atomic E-state index is 6.09. The van der Waals surface area contributed by atoms with Crippen molar-refractivity contribution in [1.82, 2.24) is 0 Å². The molecule has 0 aliphatic rings. The summed E-state index contributed by atoms with van der Waals surface area (Å²) in [4.78, 5) is 0. The normalized spacial score (nSPS) is 11.8. The Labute approximate surface area is 94.8 Å². The quantitative estimate of drug-likeness (QED) is 0.658. The molecule has 0 saturated heterocycles. The van der Waals surface area contributed by atoms with Crippen LogP contribution < -0.4 is 5.19 Å². The summed E-state index contributed by atoms with van der Waals surface area (Å²) in [7, 11) is -1.47. The maximum atomic E-state index is 6.09. The molecule has 0 N–H and O–H groups in total. The molecule has 0 atom stereocenters. The molecule has 72 valence electrons. The van der Waals surface area contributed by atoms with E-state index in [1.54, 1.807) is 12.1 Å². The van der Waals surface area contributed by atoms with E-state index >= 15 is 0 Å². The van der Waals surface area contributed by atoms with Gasteiger partial charge in [-0.1, -0.05) is 54.4 Å². The van der Waals surface area contributed by atoms with Crippen LogP contribution in [0.25, 0.3) is 0 Å². The van der Waals surface area contributed by atoms with Crippen molar-refractivity contribution in [1.29, 1.82) is 0 Å². The van der Waals surface area contributed by atoms with Gasteiger partial charge in [-0.3, -0.25) is 0 Å². The summed E-state index contributed by atoms with van der Waals surface area (Å²) >= 11 is 18.0. The molecule has 4 heteroatoms. The van der Waals surface area contributed by atoms with Gasteiger partial charge in [0.1, 0.15) is 0 Å². The molecule has 13 heavy (non-hydrogen) atoms. The summed E-state index contributed by atoms with van der Waals surface area (Å²) in [5.41, 5.74) is 0. The van der Waals surface area contributed by atoms with Gasteiger partial charge in [0.05, 0.1) is 8.07 Å². The second-order valence-electron chi connectivity index (χ2n) is 3.99. The molecular weight excluding hydrogens is 243 g/mol. The van der Waals surface area contributed by atoms with E-state index in [1.807, 2.05) is 0 Å². The average molecular weight is 254 g/mol. The van der Waals surface area contributed by atoms with Gasteiger partial charge in [0.25, 0.3) is 0 Å². The lowest BCUT2D eigenvalue weighted by Gasteiger charge is -2.20. The molecule has 1 aromatic carbocycles. The predicted molar refractivity (Wildman–Crippen MR) is 64.5 cm³/mol. The topological polar surface area (TPSA) is 0 Å². The van der Waals surface area contributed by atoms with E-state index in [0.717, 1.165) is 5.19 Å². The molecule has 0 aliphatic heterocycles. The highest BCUT2D eigenvalue weighted by molar-refractivity contribution is 6.91. The Kier molecular flexibility index (Phi) is 3.34. The van der Waals surface area contributed by atoms with E-state index in [9.17, 15) is 0 Å². The van der Waals surface area contributed by atoms with E-state index < -0.39 is 8.07 Å². The molecule has 1 aromatic rings. The summed E-state index contributed by atoms with van der Waals surface area (Å²) in [5.74, 6) is 0. The van der Waals surface area contributed by atoms with Crippen molar-refractivity contribution in [3.05, 3.63) is 27.2 Å². The van der Waals surface area contributed by atoms with Crippen molar-refractivity contribution >= 4 is 48.1 Å². The van der Waals surface area contributed by atoms with Gasteiger partial charge in [-0.15, -0.1) is 0 Å². The van der Waals surface area contributed by atoms with Crippen molar-refractivity contribution in [2.24, 2.45) is 0 Å². The fourth-order valence-electron chi connectivity index (χ4n) is 1.26. The first kappa shape index (κ1) is 11.4. The van der Waals surface area contributed by atoms with Crippen molar-refractivity contribution in [3.8, 4) is 0 Å². The first-order valence-corrected chi connectivity index (χ1v) is 8.61. The molecular formula is C9H11Cl3Si. The molecule has 1 rings (SSSR count). The summed E-state index contributed by atoms with van der Waals surface area (Å²) in [6.45, 7) is 6.61. The van der Waals surface area contributed by atoms with Gasteiger partial charge in [-0.05, 0) is 17.3 Å². The third kappa shape index (κ3) is 2.63. The van der Waals surface area contributed by atoms with Crippen LogP contribution in [0.4, 0.5) is 0 Å². The molecule has 0 heterocycles. The van der Waals surface area contributed by atoms with Crippen LogP contribution in [-0.4, -0.2) is 8.07 Å². The average Bonchev–Trinajstić information content (AvgIpc) is 1.78. The number of hydrogen-bond donors (Lipinski definition) is 0. The SMILES string of the molecule is C[Si](C)(C)c1c(Cl)cc(Cl)cc1Cl. The van der Waals surface area contributed by atoms with Gasteiger partial charge in [0, 0.05) is 15.1 Å². The van der Waals surface area contributed by atoms with Crippen molar-refractivity contribution in [2.75, 3.05) is 0 Å². The van der Waals surface area contributed by atoms with Gasteiger partial charge in [0.2, 0.25) is 0 Å². The van der Waals surface area contributed by atoms with Gasteiger partial charge in [-0.2, -0.15) is 0 Å². The van der Waals surface area contributed by atoms with Crippen LogP contribution in [0.3, 0.4) is 0 Å². The number of hydrogen-bond acceptors (Lipinski definition) is 0. The van der Waals surface area contributed by atoms with Crippen molar-refractivity contribution < 1.29 is 0 Å². The number of rotatable bonds is 1. The Morgan fingerprint density at radius 2 is 1.31 bits per heavy atom. The van der Waals surface area contributed by atoms with Gasteiger partial charge in [-0.25, -0.2) is 0 Å². The van der Waals surface area contributed by atoms with Gasteiger partial charge in [0.15, 0.2) is 0 Å². The van der Waals surface area contributed by atoms with E-state index in [4.69, 9.17) is 34.8 Å². The zero-order valence-corrected chi connectivity index (χ0v) is 11.1. The zero-order valence-electron chi connectivity index (χ0n) is 7.79. The third-order valence-corrected chi connectivity index (χ3v) is 4.93. The summed E-state index contributed by atoms with van der Waals surface area (Å²) in [5, 5.41) is 3.06. The van der Waals surface area contributed by atoms with Crippen LogP contribution in [-0.2, 0) is 0 Å². The summed E-state index contributed by atoms with van der Waals surface area (Å²) < 4.78 is 0. The van der Waals surface area contributed by atoms with E-state index in [0.29, 0.717) is 15.1 Å². The maximum Gasteiger partial charge on any atom is 0.0815 e. The molecule has 0 unspecified atom stereocenters. The van der Waals surface area contributed by atoms with Crippen LogP contribution >= 0.6 is 34.8 Å². The highest BCUT2D eigenvalue weighted by Crippen LogP contribution is 2.24. The lowest BCUT2D eigenvalue weighted by molar-refractivity contribution is 1.67. The molecule has 0 radical (unpaired) electrons. The second kappa shape index (κ2) is 3.82. The Hall–Kier alpha value is 0.307. The predicted octanol–water partition coefficient (Wildman–Crippen LogP) is 4.19. The van der Waals surface area contributed by atoms with Gasteiger partial charge >= 0.3 is 0 Å². The first-order chi connectivity index (χ1) is 5.82. The minimum Gasteiger partial charge on any atom is -0.0844 e. The summed E-state index contributed by atoms with van der Waals surface area (Å²) in [6, 6.07) is 3.51. The molecule has 0 aromatic heterocycles. The van der Waals surface area contributed by atoms with E-state index in [-0.39, 0.29) is 0 Å². The van der Waals surface area contributed by atoms with Crippen molar-refractivity contribution in [3.63, 3.8) is 0 Å². The molecule has 0 amide bonds. The number of halogens is 3. The monoisotopic (exact) mass is 252 g/mol. The van der Waals surface area contributed by atoms with Crippen LogP contribution in [0.1, 0.15) is 0 Å². The van der Waals surface area contributed by atoms with Crippen molar-refractivity contribution in [2.45, 2.75) is 19.6 Å². The minimum absolute atomic E-state index is 0.594. The molecule has 0 aliphatic carbocycles. The molecule has 0 fully saturated rings. The highest BCUT2D eigenvalue weighted by Gasteiger charge is 2.23. The van der Waals surface area contributed by atoms with Crippen LogP contribution in [0, 0.1) is 0 Å². The Bertz CT molecular complexity index is 305. The lowest BCUT2D eigenvalue weighted by atomic mass is 10.3. The molecule has 0 spiro atoms. The Balaban J connectivity index is 3.38. The summed E-state index contributed by atoms with van der Waals surface area (Å²) in [6.07, 6.45) is 0. The molecule has 0 saturated carbocycles. The zero-order chi connectivity index (χ0) is 10.2.